The first-order valence-corrected chi connectivity index (χ1v) is 18.3. The average molecular weight is 732 g/mol. The lowest BCUT2D eigenvalue weighted by Gasteiger charge is -2.32. The Morgan fingerprint density at radius 2 is 1.51 bits per heavy atom. The normalized spacial score (nSPS) is 12.9. The van der Waals surface area contributed by atoms with Gasteiger partial charge in [-0.25, -0.2) is 4.79 Å². The van der Waals surface area contributed by atoms with Crippen LogP contribution in [0.1, 0.15) is 70.9 Å². The second-order valence-corrected chi connectivity index (χ2v) is 12.9. The van der Waals surface area contributed by atoms with Crippen LogP contribution in [0.5, 0.6) is 11.5 Å². The average Bonchev–Trinajstić information content (AvgIpc) is 3.15. The smallest absolute Gasteiger partial charge is 0.332 e. The highest BCUT2D eigenvalue weighted by molar-refractivity contribution is 6.08. The number of amides is 3. The molecule has 0 saturated carbocycles. The summed E-state index contributed by atoms with van der Waals surface area (Å²) in [6, 6.07) is 17.3. The molecule has 0 unspecified atom stereocenters. The number of para-hydroxylation sites is 1. The zero-order valence-electron chi connectivity index (χ0n) is 31.1. The SMILES string of the molecule is CCOC(=O)COCc1cc(C(=O)Nc2ccc(C)cc2OCCCCCC(=O)N2CCN(C)CC2)ccc1NC(=O)c1ccccc1OCCCN. The number of nitrogens with two attached hydrogens (primary N) is 1. The Bertz CT molecular complexity index is 1670. The maximum Gasteiger partial charge on any atom is 0.332 e. The van der Waals surface area contributed by atoms with E-state index in [0.717, 1.165) is 51.0 Å². The number of piperazine rings is 1. The number of nitrogens with zero attached hydrogens (tertiary/aromatic N) is 2. The van der Waals surface area contributed by atoms with Gasteiger partial charge in [-0.2, -0.15) is 0 Å². The number of anilines is 2. The lowest BCUT2D eigenvalue weighted by atomic mass is 10.1. The van der Waals surface area contributed by atoms with E-state index in [1.807, 2.05) is 24.0 Å². The van der Waals surface area contributed by atoms with Gasteiger partial charge in [-0.05, 0) is 101 Å². The minimum Gasteiger partial charge on any atom is -0.493 e. The van der Waals surface area contributed by atoms with Crippen LogP contribution in [0.2, 0.25) is 0 Å². The highest BCUT2D eigenvalue weighted by Crippen LogP contribution is 2.28. The first kappa shape index (κ1) is 40.8. The molecule has 13 heteroatoms. The standard InChI is InChI=1S/C40H53N5O8/c1-4-51-38(47)28-50-27-31-26-30(15-17-33(31)42-40(49)32-11-7-8-12-35(32)52-24-10-18-41)39(48)43-34-16-14-29(2)25-36(34)53-23-9-5-6-13-37(46)45-21-19-44(3)20-22-45/h7-8,11-12,14-17,25-26H,4-6,9-10,13,18-24,27-28,41H2,1-3H3,(H,42,49)(H,43,48). The third-order valence-corrected chi connectivity index (χ3v) is 8.67. The van der Waals surface area contributed by atoms with E-state index in [1.54, 1.807) is 55.5 Å². The molecular weight excluding hydrogens is 678 g/mol. The van der Waals surface area contributed by atoms with E-state index in [-0.39, 0.29) is 25.7 Å². The van der Waals surface area contributed by atoms with Crippen molar-refractivity contribution in [1.82, 2.24) is 9.80 Å². The van der Waals surface area contributed by atoms with E-state index in [0.29, 0.717) is 72.2 Å². The molecule has 3 aromatic rings. The third kappa shape index (κ3) is 13.2. The van der Waals surface area contributed by atoms with E-state index in [1.165, 1.54) is 0 Å². The maximum absolute atomic E-state index is 13.6. The lowest BCUT2D eigenvalue weighted by Crippen LogP contribution is -2.47. The van der Waals surface area contributed by atoms with Crippen molar-refractivity contribution in [2.24, 2.45) is 5.73 Å². The molecule has 0 radical (unpaired) electrons. The van der Waals surface area contributed by atoms with Crippen LogP contribution in [0, 0.1) is 6.92 Å². The molecule has 286 valence electrons. The number of carbonyl (C=O) groups excluding carboxylic acids is 4. The van der Waals surface area contributed by atoms with Gasteiger partial charge in [0.25, 0.3) is 11.8 Å². The highest BCUT2D eigenvalue weighted by atomic mass is 16.6. The summed E-state index contributed by atoms with van der Waals surface area (Å²) in [5, 5.41) is 5.85. The zero-order chi connectivity index (χ0) is 38.0. The van der Waals surface area contributed by atoms with E-state index >= 15 is 0 Å². The van der Waals surface area contributed by atoms with Crippen molar-refractivity contribution in [1.29, 1.82) is 0 Å². The van der Waals surface area contributed by atoms with Crippen LogP contribution < -0.4 is 25.8 Å². The van der Waals surface area contributed by atoms with Gasteiger partial charge >= 0.3 is 5.97 Å². The van der Waals surface area contributed by atoms with Gasteiger partial charge in [0.2, 0.25) is 5.91 Å². The number of aryl methyl sites for hydroxylation is 1. The fourth-order valence-corrected chi connectivity index (χ4v) is 5.66. The molecule has 0 bridgehead atoms. The van der Waals surface area contributed by atoms with Crippen molar-refractivity contribution in [3.63, 3.8) is 0 Å². The van der Waals surface area contributed by atoms with Crippen LogP contribution in [0.3, 0.4) is 0 Å². The molecule has 4 rings (SSSR count). The number of carbonyl (C=O) groups is 4. The molecule has 0 spiro atoms. The van der Waals surface area contributed by atoms with E-state index < -0.39 is 17.8 Å². The van der Waals surface area contributed by atoms with Crippen molar-refractivity contribution in [3.8, 4) is 11.5 Å². The fourth-order valence-electron chi connectivity index (χ4n) is 5.66. The van der Waals surface area contributed by atoms with Crippen molar-refractivity contribution < 1.29 is 38.1 Å². The summed E-state index contributed by atoms with van der Waals surface area (Å²) < 4.78 is 22.5. The van der Waals surface area contributed by atoms with Gasteiger partial charge in [-0.1, -0.05) is 18.2 Å². The Morgan fingerprint density at radius 1 is 0.792 bits per heavy atom. The van der Waals surface area contributed by atoms with Crippen molar-refractivity contribution in [3.05, 3.63) is 82.9 Å². The Hall–Kier alpha value is -4.98. The Balaban J connectivity index is 1.40. The topological polar surface area (TPSA) is 162 Å². The molecule has 13 nitrogen and oxygen atoms in total. The second kappa shape index (κ2) is 21.5. The highest BCUT2D eigenvalue weighted by Gasteiger charge is 2.20. The molecule has 1 saturated heterocycles. The minimum absolute atomic E-state index is 0.0793. The predicted octanol–water partition coefficient (Wildman–Crippen LogP) is 5.02. The third-order valence-electron chi connectivity index (χ3n) is 8.67. The Morgan fingerprint density at radius 3 is 2.28 bits per heavy atom. The Kier molecular flexibility index (Phi) is 16.6. The van der Waals surface area contributed by atoms with Crippen LogP contribution in [0.15, 0.2) is 60.7 Å². The molecule has 1 heterocycles. The second-order valence-electron chi connectivity index (χ2n) is 12.9. The first-order valence-electron chi connectivity index (χ1n) is 18.3. The van der Waals surface area contributed by atoms with Crippen molar-refractivity contribution >= 4 is 35.1 Å². The van der Waals surface area contributed by atoms with Gasteiger partial charge in [0.1, 0.15) is 18.1 Å². The molecule has 1 aliphatic heterocycles. The fraction of sp³-hybridized carbons (Fsp3) is 0.450. The van der Waals surface area contributed by atoms with Gasteiger partial charge in [0, 0.05) is 49.4 Å². The number of hydrogen-bond acceptors (Lipinski definition) is 10. The van der Waals surface area contributed by atoms with E-state index in [2.05, 4.69) is 22.6 Å². The van der Waals surface area contributed by atoms with E-state index in [4.69, 9.17) is 24.7 Å². The summed E-state index contributed by atoms with van der Waals surface area (Å²) in [5.74, 6) is -0.171. The maximum atomic E-state index is 13.6. The van der Waals surface area contributed by atoms with Gasteiger partial charge in [-0.15, -0.1) is 0 Å². The number of ether oxygens (including phenoxy) is 4. The summed E-state index contributed by atoms with van der Waals surface area (Å²) in [6.07, 6.45) is 3.58. The number of hydrogen-bond donors (Lipinski definition) is 3. The molecule has 1 fully saturated rings. The monoisotopic (exact) mass is 731 g/mol. The van der Waals surface area contributed by atoms with Gasteiger partial charge < -0.3 is 45.1 Å². The number of likely N-dealkylation sites (N-methyl/N-ethyl adjacent to an activating group) is 1. The van der Waals surface area contributed by atoms with E-state index in [9.17, 15) is 19.2 Å². The number of rotatable bonds is 20. The molecule has 3 amide bonds. The first-order chi connectivity index (χ1) is 25.7. The van der Waals surface area contributed by atoms with Crippen LogP contribution >= 0.6 is 0 Å². The summed E-state index contributed by atoms with van der Waals surface area (Å²) in [4.78, 5) is 55.7. The molecule has 53 heavy (non-hydrogen) atoms. The van der Waals surface area contributed by atoms with Crippen LogP contribution in [0.4, 0.5) is 11.4 Å². The Labute approximate surface area is 312 Å². The van der Waals surface area contributed by atoms with Gasteiger partial charge in [0.05, 0.1) is 37.7 Å². The lowest BCUT2D eigenvalue weighted by molar-refractivity contribution is -0.148. The molecule has 0 aliphatic carbocycles. The minimum atomic E-state index is -0.526. The quantitative estimate of drug-likeness (QED) is 0.106. The number of esters is 1. The largest absolute Gasteiger partial charge is 0.493 e. The van der Waals surface area contributed by atoms with Crippen molar-refractivity contribution in [2.75, 3.05) is 76.8 Å². The molecule has 0 aromatic heterocycles. The zero-order valence-corrected chi connectivity index (χ0v) is 31.1. The summed E-state index contributed by atoms with van der Waals surface area (Å²) >= 11 is 0. The molecular formula is C40H53N5O8. The van der Waals surface area contributed by atoms with Crippen LogP contribution in [0.25, 0.3) is 0 Å². The van der Waals surface area contributed by atoms with Gasteiger partial charge in [0.15, 0.2) is 0 Å². The summed E-state index contributed by atoms with van der Waals surface area (Å²) in [6.45, 7) is 8.14. The summed E-state index contributed by atoms with van der Waals surface area (Å²) in [5.41, 5.74) is 8.59. The van der Waals surface area contributed by atoms with Crippen LogP contribution in [-0.2, 0) is 25.7 Å². The molecule has 4 N–H and O–H groups in total. The number of benzene rings is 3. The summed E-state index contributed by atoms with van der Waals surface area (Å²) in [7, 11) is 2.07. The van der Waals surface area contributed by atoms with Gasteiger partial charge in [-0.3, -0.25) is 14.4 Å². The number of nitrogens with one attached hydrogen (secondary N) is 2. The predicted molar refractivity (Wildman–Crippen MR) is 203 cm³/mol. The molecule has 3 aromatic carbocycles. The number of unbranched alkanes of at least 4 members (excludes halogenated alkanes) is 2. The molecule has 1 aliphatic rings. The molecule has 0 atom stereocenters. The van der Waals surface area contributed by atoms with Crippen molar-refractivity contribution in [2.45, 2.75) is 52.6 Å². The van der Waals surface area contributed by atoms with Crippen LogP contribution in [-0.4, -0.2) is 99.7 Å².